The molecule has 3 unspecified atom stereocenters. The third kappa shape index (κ3) is 1.40. The van der Waals surface area contributed by atoms with Crippen LogP contribution in [0.1, 0.15) is 77.6 Å². The molecule has 0 spiro atoms. The van der Waals surface area contributed by atoms with E-state index in [0.717, 1.165) is 52.3 Å². The molecule has 0 heteroatoms. The fourth-order valence-corrected chi connectivity index (χ4v) is 9.93. The summed E-state index contributed by atoms with van der Waals surface area (Å²) in [5.41, 5.74) is 1.65. The van der Waals surface area contributed by atoms with E-state index in [0.29, 0.717) is 0 Å². The normalized spacial score (nSPS) is 67.0. The minimum Gasteiger partial charge on any atom is -0.0617 e. The van der Waals surface area contributed by atoms with Gasteiger partial charge in [0, 0.05) is 0 Å². The molecule has 0 aliphatic heterocycles. The van der Waals surface area contributed by atoms with Crippen molar-refractivity contribution in [2.75, 3.05) is 0 Å². The van der Waals surface area contributed by atoms with Gasteiger partial charge in [-0.15, -0.1) is 0 Å². The Labute approximate surface area is 130 Å². The van der Waals surface area contributed by atoms with Crippen molar-refractivity contribution in [1.29, 1.82) is 0 Å². The summed E-state index contributed by atoms with van der Waals surface area (Å²) in [5, 5.41) is 0. The summed E-state index contributed by atoms with van der Waals surface area (Å²) in [6, 6.07) is 0. The first-order valence-electron chi connectivity index (χ1n) is 10.2. The van der Waals surface area contributed by atoms with Crippen molar-refractivity contribution in [3.8, 4) is 0 Å². The zero-order valence-electron chi connectivity index (χ0n) is 13.8. The van der Waals surface area contributed by atoms with E-state index in [1.807, 2.05) is 0 Å². The Balaban J connectivity index is 1.47. The number of rotatable bonds is 1. The Kier molecular flexibility index (Phi) is 2.21. The predicted molar refractivity (Wildman–Crippen MR) is 85.8 cm³/mol. The highest BCUT2D eigenvalue weighted by Gasteiger charge is 2.67. The van der Waals surface area contributed by atoms with Crippen molar-refractivity contribution in [3.63, 3.8) is 0 Å². The lowest BCUT2D eigenvalue weighted by molar-refractivity contribution is -0.227. The Bertz CT molecular complexity index is 425. The van der Waals surface area contributed by atoms with E-state index in [1.165, 1.54) is 0 Å². The molecule has 8 rings (SSSR count). The van der Waals surface area contributed by atoms with Gasteiger partial charge in [0.2, 0.25) is 0 Å². The van der Waals surface area contributed by atoms with Crippen LogP contribution in [-0.4, -0.2) is 0 Å². The minimum absolute atomic E-state index is 0.817. The maximum Gasteiger partial charge on any atom is -0.0207 e. The third-order valence-corrected chi connectivity index (χ3v) is 9.92. The van der Waals surface area contributed by atoms with Crippen LogP contribution in [0.5, 0.6) is 0 Å². The monoisotopic (exact) mass is 284 g/mol. The summed E-state index contributed by atoms with van der Waals surface area (Å²) in [7, 11) is 0. The first-order valence-corrected chi connectivity index (χ1v) is 10.2. The Hall–Kier alpha value is 0. The highest BCUT2D eigenvalue weighted by atomic mass is 14.7. The largest absolute Gasteiger partial charge is 0.0617 e. The summed E-state index contributed by atoms with van der Waals surface area (Å²) in [6.07, 6.45) is 18.0. The summed E-state index contributed by atoms with van der Waals surface area (Å²) in [5.74, 6) is 7.94. The molecule has 0 nitrogen and oxygen atoms in total. The second-order valence-electron chi connectivity index (χ2n) is 10.8. The smallest absolute Gasteiger partial charge is 0.0207 e. The molecule has 3 atom stereocenters. The average Bonchev–Trinajstić information content (AvgIpc) is 2.42. The van der Waals surface area contributed by atoms with E-state index in [9.17, 15) is 0 Å². The average molecular weight is 284 g/mol. The minimum atomic E-state index is 0.817. The summed E-state index contributed by atoms with van der Waals surface area (Å²) < 4.78 is 0. The highest BCUT2D eigenvalue weighted by Crippen LogP contribution is 2.76. The lowest BCUT2D eigenvalue weighted by Crippen LogP contribution is -2.63. The van der Waals surface area contributed by atoms with Crippen LogP contribution >= 0.6 is 0 Å². The van der Waals surface area contributed by atoms with Gasteiger partial charge in [-0.25, -0.2) is 0 Å². The maximum atomic E-state index is 2.71. The molecule has 0 aromatic heterocycles. The third-order valence-electron chi connectivity index (χ3n) is 9.92. The van der Waals surface area contributed by atoms with Crippen LogP contribution < -0.4 is 0 Å². The van der Waals surface area contributed by atoms with E-state index < -0.39 is 0 Å². The van der Waals surface area contributed by atoms with Gasteiger partial charge in [-0.2, -0.15) is 0 Å². The molecule has 116 valence electrons. The van der Waals surface area contributed by atoms with Gasteiger partial charge in [-0.05, 0) is 123 Å². The van der Waals surface area contributed by atoms with Crippen LogP contribution in [0.15, 0.2) is 0 Å². The van der Waals surface area contributed by atoms with Gasteiger partial charge in [0.1, 0.15) is 0 Å². The molecule has 0 saturated heterocycles. The van der Waals surface area contributed by atoms with Crippen LogP contribution in [0.2, 0.25) is 0 Å². The standard InChI is InChI=1S/C21H32/c1-13-19-6-17-5-18(7-19)12-21(13,11-17)20-8-14-2-15(9-20)4-16(3-14)10-20/h13-19H,2-12H2,1H3. The summed E-state index contributed by atoms with van der Waals surface area (Å²) in [4.78, 5) is 0. The molecule has 8 aliphatic rings. The van der Waals surface area contributed by atoms with Gasteiger partial charge in [0.25, 0.3) is 0 Å². The second-order valence-corrected chi connectivity index (χ2v) is 10.8. The molecule has 0 radical (unpaired) electrons. The first kappa shape index (κ1) is 12.4. The summed E-state index contributed by atoms with van der Waals surface area (Å²) in [6.45, 7) is 2.71. The Morgan fingerprint density at radius 2 is 1.00 bits per heavy atom. The topological polar surface area (TPSA) is 0 Å². The molecule has 0 heterocycles. The first-order chi connectivity index (χ1) is 10.2. The van der Waals surface area contributed by atoms with E-state index in [-0.39, 0.29) is 0 Å². The van der Waals surface area contributed by atoms with E-state index in [2.05, 4.69) is 6.92 Å². The lowest BCUT2D eigenvalue weighted by Gasteiger charge is -2.72. The molecule has 0 amide bonds. The zero-order valence-corrected chi connectivity index (χ0v) is 13.8. The molecule has 0 aromatic rings. The number of hydrogen-bond acceptors (Lipinski definition) is 0. The van der Waals surface area contributed by atoms with Gasteiger partial charge < -0.3 is 0 Å². The van der Waals surface area contributed by atoms with Crippen molar-refractivity contribution in [2.45, 2.75) is 77.6 Å². The van der Waals surface area contributed by atoms with Crippen molar-refractivity contribution in [3.05, 3.63) is 0 Å². The van der Waals surface area contributed by atoms with Gasteiger partial charge in [-0.1, -0.05) is 6.92 Å². The highest BCUT2D eigenvalue weighted by molar-refractivity contribution is 5.16. The van der Waals surface area contributed by atoms with Crippen molar-refractivity contribution in [1.82, 2.24) is 0 Å². The lowest BCUT2D eigenvalue weighted by atomic mass is 9.33. The van der Waals surface area contributed by atoms with Crippen molar-refractivity contribution >= 4 is 0 Å². The molecule has 0 aromatic carbocycles. The molecule has 8 aliphatic carbocycles. The van der Waals surface area contributed by atoms with Crippen LogP contribution in [0.4, 0.5) is 0 Å². The predicted octanol–water partition coefficient (Wildman–Crippen LogP) is 5.67. The van der Waals surface area contributed by atoms with Gasteiger partial charge in [0.05, 0.1) is 0 Å². The molecule has 0 N–H and O–H groups in total. The van der Waals surface area contributed by atoms with Gasteiger partial charge in [-0.3, -0.25) is 0 Å². The molecular weight excluding hydrogens is 252 g/mol. The van der Waals surface area contributed by atoms with Gasteiger partial charge >= 0.3 is 0 Å². The molecule has 8 saturated carbocycles. The molecule has 8 bridgehead atoms. The zero-order chi connectivity index (χ0) is 13.8. The van der Waals surface area contributed by atoms with Crippen LogP contribution in [-0.2, 0) is 0 Å². The van der Waals surface area contributed by atoms with Crippen LogP contribution in [0, 0.1) is 52.3 Å². The number of hydrogen-bond donors (Lipinski definition) is 0. The van der Waals surface area contributed by atoms with Crippen molar-refractivity contribution < 1.29 is 0 Å². The van der Waals surface area contributed by atoms with E-state index >= 15 is 0 Å². The molecule has 21 heavy (non-hydrogen) atoms. The molecule has 8 fully saturated rings. The second kappa shape index (κ2) is 3.73. The molecular formula is C21H32. The Morgan fingerprint density at radius 1 is 0.571 bits per heavy atom. The van der Waals surface area contributed by atoms with E-state index in [1.54, 1.807) is 70.6 Å². The Morgan fingerprint density at radius 3 is 1.48 bits per heavy atom. The maximum absolute atomic E-state index is 2.71. The van der Waals surface area contributed by atoms with Crippen LogP contribution in [0.25, 0.3) is 0 Å². The SMILES string of the molecule is CC1C2CC3CC(C2)CC1(C12CC4CC(CC(C4)C1)C2)C3. The summed E-state index contributed by atoms with van der Waals surface area (Å²) >= 11 is 0. The quantitative estimate of drug-likeness (QED) is 0.582. The fourth-order valence-electron chi connectivity index (χ4n) is 9.93. The van der Waals surface area contributed by atoms with Gasteiger partial charge in [0.15, 0.2) is 0 Å². The van der Waals surface area contributed by atoms with Crippen molar-refractivity contribution in [2.24, 2.45) is 52.3 Å². The van der Waals surface area contributed by atoms with E-state index in [4.69, 9.17) is 0 Å². The fraction of sp³-hybridized carbons (Fsp3) is 1.00. The van der Waals surface area contributed by atoms with Crippen LogP contribution in [0.3, 0.4) is 0 Å².